The number of methoxy groups -OCH3 is 1. The third-order valence-electron chi connectivity index (χ3n) is 2.12. The van der Waals surface area contributed by atoms with E-state index >= 15 is 0 Å². The average Bonchev–Trinajstić information content (AvgIpc) is 2.32. The number of hydrogen-bond acceptors (Lipinski definition) is 4. The van der Waals surface area contributed by atoms with Gasteiger partial charge in [-0.15, -0.1) is 0 Å². The highest BCUT2D eigenvalue weighted by atomic mass is 16.5. The summed E-state index contributed by atoms with van der Waals surface area (Å²) in [6, 6.07) is 5.34. The molecule has 0 amide bonds. The summed E-state index contributed by atoms with van der Waals surface area (Å²) >= 11 is 0. The van der Waals surface area contributed by atoms with Gasteiger partial charge in [0.2, 0.25) is 0 Å². The summed E-state index contributed by atoms with van der Waals surface area (Å²) in [4.78, 5) is 11.4. The highest BCUT2D eigenvalue weighted by Gasteiger charge is 2.13. The maximum Gasteiger partial charge on any atom is 0.310 e. The van der Waals surface area contributed by atoms with Gasteiger partial charge in [0.25, 0.3) is 0 Å². The molecule has 0 atom stereocenters. The Morgan fingerprint density at radius 2 is 2.24 bits per heavy atom. The molecule has 17 heavy (non-hydrogen) atoms. The third-order valence-corrected chi connectivity index (χ3v) is 2.12. The summed E-state index contributed by atoms with van der Waals surface area (Å²) < 4.78 is 15.3. The number of benzene rings is 1. The van der Waals surface area contributed by atoms with E-state index in [0.29, 0.717) is 23.7 Å². The highest BCUT2D eigenvalue weighted by Crippen LogP contribution is 2.31. The molecular formula is C13H16O4. The molecule has 0 aliphatic rings. The molecule has 4 nitrogen and oxygen atoms in total. The van der Waals surface area contributed by atoms with Crippen molar-refractivity contribution in [3.63, 3.8) is 0 Å². The Balaban J connectivity index is 2.96. The normalized spacial score (nSPS) is 9.53. The number of hydrogen-bond donors (Lipinski definition) is 0. The molecule has 0 bridgehead atoms. The minimum Gasteiger partial charge on any atom is -0.493 e. The maximum absolute atomic E-state index is 11.4. The predicted molar refractivity (Wildman–Crippen MR) is 64.2 cm³/mol. The van der Waals surface area contributed by atoms with Gasteiger partial charge in [-0.25, -0.2) is 0 Å². The van der Waals surface area contributed by atoms with E-state index in [0.717, 1.165) is 0 Å². The van der Waals surface area contributed by atoms with Crippen LogP contribution in [0.2, 0.25) is 0 Å². The second kappa shape index (κ2) is 6.58. The average molecular weight is 236 g/mol. The van der Waals surface area contributed by atoms with E-state index in [2.05, 4.69) is 6.58 Å². The maximum atomic E-state index is 11.4. The van der Waals surface area contributed by atoms with E-state index in [1.54, 1.807) is 32.2 Å². The first-order chi connectivity index (χ1) is 8.22. The molecule has 0 saturated carbocycles. The van der Waals surface area contributed by atoms with Gasteiger partial charge in [-0.1, -0.05) is 18.7 Å². The smallest absolute Gasteiger partial charge is 0.310 e. The minimum absolute atomic E-state index is 0.147. The predicted octanol–water partition coefficient (Wildman–Crippen LogP) is 2.32. The van der Waals surface area contributed by atoms with Crippen LogP contribution in [-0.2, 0) is 16.0 Å². The summed E-state index contributed by atoms with van der Waals surface area (Å²) in [6.45, 7) is 5.62. The molecule has 0 heterocycles. The topological polar surface area (TPSA) is 44.8 Å². The zero-order chi connectivity index (χ0) is 12.7. The van der Waals surface area contributed by atoms with Crippen molar-refractivity contribution in [1.29, 1.82) is 0 Å². The zero-order valence-electron chi connectivity index (χ0n) is 10.1. The molecule has 92 valence electrons. The lowest BCUT2D eigenvalue weighted by Gasteiger charge is -2.11. The molecule has 0 aromatic heterocycles. The monoisotopic (exact) mass is 236 g/mol. The molecule has 0 radical (unpaired) electrons. The van der Waals surface area contributed by atoms with Gasteiger partial charge in [-0.05, 0) is 13.0 Å². The third kappa shape index (κ3) is 3.52. The fourth-order valence-corrected chi connectivity index (χ4v) is 1.45. The Bertz CT molecular complexity index is 398. The second-order valence-electron chi connectivity index (χ2n) is 3.21. The van der Waals surface area contributed by atoms with Crippen molar-refractivity contribution in [2.24, 2.45) is 0 Å². The summed E-state index contributed by atoms with van der Waals surface area (Å²) in [5.41, 5.74) is 0.711. The Morgan fingerprint density at radius 3 is 2.82 bits per heavy atom. The molecule has 0 aliphatic carbocycles. The first kappa shape index (κ1) is 13.1. The molecule has 1 rings (SSSR count). The van der Waals surface area contributed by atoms with Crippen LogP contribution < -0.4 is 9.47 Å². The van der Waals surface area contributed by atoms with Gasteiger partial charge in [-0.2, -0.15) is 0 Å². The van der Waals surface area contributed by atoms with Gasteiger partial charge >= 0.3 is 5.97 Å². The lowest BCUT2D eigenvalue weighted by atomic mass is 10.1. The van der Waals surface area contributed by atoms with Crippen LogP contribution in [0.25, 0.3) is 0 Å². The molecule has 0 aliphatic heterocycles. The largest absolute Gasteiger partial charge is 0.493 e. The quantitative estimate of drug-likeness (QED) is 0.561. The summed E-state index contributed by atoms with van der Waals surface area (Å²) in [5, 5.41) is 0. The van der Waals surface area contributed by atoms with Crippen LogP contribution in [0.3, 0.4) is 0 Å². The van der Waals surface area contributed by atoms with Crippen LogP contribution in [0.15, 0.2) is 31.0 Å². The molecule has 0 fully saturated rings. The van der Waals surface area contributed by atoms with Crippen molar-refractivity contribution in [1.82, 2.24) is 0 Å². The highest BCUT2D eigenvalue weighted by molar-refractivity contribution is 5.74. The van der Waals surface area contributed by atoms with Gasteiger partial charge in [0.1, 0.15) is 0 Å². The number of carbonyl (C=O) groups excluding carboxylic acids is 1. The van der Waals surface area contributed by atoms with Gasteiger partial charge in [-0.3, -0.25) is 4.79 Å². The molecule has 0 spiro atoms. The van der Waals surface area contributed by atoms with Crippen LogP contribution in [0.5, 0.6) is 11.5 Å². The fourth-order valence-electron chi connectivity index (χ4n) is 1.45. The molecule has 0 unspecified atom stereocenters. The Hall–Kier alpha value is -1.97. The van der Waals surface area contributed by atoms with E-state index in [-0.39, 0.29) is 12.4 Å². The number of rotatable bonds is 6. The van der Waals surface area contributed by atoms with Crippen LogP contribution >= 0.6 is 0 Å². The van der Waals surface area contributed by atoms with E-state index in [1.165, 1.54) is 6.26 Å². The van der Waals surface area contributed by atoms with Gasteiger partial charge < -0.3 is 14.2 Å². The van der Waals surface area contributed by atoms with Crippen molar-refractivity contribution in [2.75, 3.05) is 13.7 Å². The Labute approximate surface area is 101 Å². The minimum atomic E-state index is -0.297. The fraction of sp³-hybridized carbons (Fsp3) is 0.308. The van der Waals surface area contributed by atoms with Gasteiger partial charge in [0, 0.05) is 5.56 Å². The van der Waals surface area contributed by atoms with Gasteiger partial charge in [0.15, 0.2) is 11.5 Å². The molecule has 4 heteroatoms. The van der Waals surface area contributed by atoms with Crippen molar-refractivity contribution in [3.05, 3.63) is 36.6 Å². The Kier molecular flexibility index (Phi) is 5.07. The Morgan fingerprint density at radius 1 is 1.47 bits per heavy atom. The first-order valence-corrected chi connectivity index (χ1v) is 5.32. The van der Waals surface area contributed by atoms with Crippen molar-refractivity contribution >= 4 is 5.97 Å². The van der Waals surface area contributed by atoms with Crippen molar-refractivity contribution < 1.29 is 19.0 Å². The van der Waals surface area contributed by atoms with E-state index in [1.807, 2.05) is 0 Å². The molecule has 1 aromatic carbocycles. The molecule has 0 N–H and O–H groups in total. The van der Waals surface area contributed by atoms with Crippen molar-refractivity contribution in [2.45, 2.75) is 13.3 Å². The SMILES string of the molecule is C=COc1c(CC(=O)OCC)cccc1OC. The molecule has 1 aromatic rings. The standard InChI is InChI=1S/C13H16O4/c1-4-16-12(14)9-10-7-6-8-11(15-3)13(10)17-5-2/h5-8H,2,4,9H2,1,3H3. The summed E-state index contributed by atoms with van der Waals surface area (Å²) in [6.07, 6.45) is 1.45. The number of para-hydroxylation sites is 1. The number of esters is 1. The van der Waals surface area contributed by atoms with Gasteiger partial charge in [0.05, 0.1) is 26.4 Å². The summed E-state index contributed by atoms with van der Waals surface area (Å²) in [5.74, 6) is 0.763. The van der Waals surface area contributed by atoms with Crippen LogP contribution in [0.1, 0.15) is 12.5 Å². The van der Waals surface area contributed by atoms with Crippen LogP contribution in [0.4, 0.5) is 0 Å². The van der Waals surface area contributed by atoms with Crippen molar-refractivity contribution in [3.8, 4) is 11.5 Å². The first-order valence-electron chi connectivity index (χ1n) is 5.32. The van der Waals surface area contributed by atoms with E-state index in [9.17, 15) is 4.79 Å². The lowest BCUT2D eigenvalue weighted by molar-refractivity contribution is -0.142. The van der Waals surface area contributed by atoms with Crippen LogP contribution in [0, 0.1) is 0 Å². The lowest BCUT2D eigenvalue weighted by Crippen LogP contribution is -2.08. The zero-order valence-corrected chi connectivity index (χ0v) is 10.1. The molecular weight excluding hydrogens is 220 g/mol. The van der Waals surface area contributed by atoms with E-state index < -0.39 is 0 Å². The summed E-state index contributed by atoms with van der Waals surface area (Å²) in [7, 11) is 1.54. The molecule has 0 saturated heterocycles. The second-order valence-corrected chi connectivity index (χ2v) is 3.21. The van der Waals surface area contributed by atoms with Crippen LogP contribution in [-0.4, -0.2) is 19.7 Å². The number of carbonyl (C=O) groups is 1. The number of ether oxygens (including phenoxy) is 3. The van der Waals surface area contributed by atoms with E-state index in [4.69, 9.17) is 14.2 Å².